The highest BCUT2D eigenvalue weighted by Crippen LogP contribution is 2.34. The number of thiol groups is 1. The number of hydrogen-bond acceptors (Lipinski definition) is 3. The van der Waals surface area contributed by atoms with E-state index in [0.29, 0.717) is 31.8 Å². The standard InChI is InChI=1S/C22H16Cl2N2OS/c1-13-10-17(18(12-25)14-6-8-15(23)9-7-14)19(24)11-20(13)26-22(27)16-4-2-3-5-21(16)28/h2-11,18,28H,1H3,(H,26,27). The Bertz CT molecular complexity index is 1070. The van der Waals surface area contributed by atoms with Gasteiger partial charge in [0.25, 0.3) is 5.91 Å². The van der Waals surface area contributed by atoms with Crippen molar-refractivity contribution in [1.29, 1.82) is 5.26 Å². The molecule has 0 heterocycles. The molecule has 0 spiro atoms. The monoisotopic (exact) mass is 426 g/mol. The molecule has 0 fully saturated rings. The summed E-state index contributed by atoms with van der Waals surface area (Å²) in [5, 5.41) is 13.6. The Kier molecular flexibility index (Phi) is 6.31. The second-order valence-electron chi connectivity index (χ2n) is 6.27. The van der Waals surface area contributed by atoms with E-state index >= 15 is 0 Å². The van der Waals surface area contributed by atoms with E-state index in [1.807, 2.05) is 19.1 Å². The van der Waals surface area contributed by atoms with Gasteiger partial charge in [0.15, 0.2) is 0 Å². The van der Waals surface area contributed by atoms with Crippen LogP contribution in [-0.2, 0) is 0 Å². The summed E-state index contributed by atoms with van der Waals surface area (Å²) in [7, 11) is 0. The molecule has 1 N–H and O–H groups in total. The van der Waals surface area contributed by atoms with Crippen LogP contribution in [0.25, 0.3) is 0 Å². The fourth-order valence-corrected chi connectivity index (χ4v) is 3.55. The first-order valence-electron chi connectivity index (χ1n) is 8.45. The van der Waals surface area contributed by atoms with Gasteiger partial charge in [-0.05, 0) is 53.9 Å². The molecule has 3 aromatic rings. The van der Waals surface area contributed by atoms with Gasteiger partial charge >= 0.3 is 0 Å². The van der Waals surface area contributed by atoms with E-state index in [2.05, 4.69) is 24.0 Å². The Morgan fingerprint density at radius 3 is 2.43 bits per heavy atom. The van der Waals surface area contributed by atoms with Crippen LogP contribution < -0.4 is 5.32 Å². The number of benzene rings is 3. The van der Waals surface area contributed by atoms with Gasteiger partial charge in [-0.2, -0.15) is 5.26 Å². The summed E-state index contributed by atoms with van der Waals surface area (Å²) in [5.41, 5.74) is 3.34. The molecule has 0 bridgehead atoms. The van der Waals surface area contributed by atoms with Gasteiger partial charge in [-0.1, -0.05) is 53.5 Å². The van der Waals surface area contributed by atoms with E-state index in [9.17, 15) is 10.1 Å². The Morgan fingerprint density at radius 1 is 1.11 bits per heavy atom. The van der Waals surface area contributed by atoms with Gasteiger partial charge < -0.3 is 5.32 Å². The van der Waals surface area contributed by atoms with Gasteiger partial charge in [-0.3, -0.25) is 4.79 Å². The highest BCUT2D eigenvalue weighted by molar-refractivity contribution is 7.80. The summed E-state index contributed by atoms with van der Waals surface area (Å²) in [6.07, 6.45) is 0. The largest absolute Gasteiger partial charge is 0.322 e. The number of halogens is 2. The number of nitrogens with zero attached hydrogens (tertiary/aromatic N) is 1. The first-order chi connectivity index (χ1) is 13.4. The van der Waals surface area contributed by atoms with Crippen molar-refractivity contribution in [2.75, 3.05) is 5.32 Å². The van der Waals surface area contributed by atoms with Gasteiger partial charge in [0.05, 0.1) is 17.6 Å². The second kappa shape index (κ2) is 8.70. The Labute approximate surface area is 179 Å². The number of carbonyl (C=O) groups is 1. The van der Waals surface area contributed by atoms with E-state index in [4.69, 9.17) is 23.2 Å². The van der Waals surface area contributed by atoms with E-state index in [1.165, 1.54) is 0 Å². The lowest BCUT2D eigenvalue weighted by Gasteiger charge is -2.16. The molecule has 0 aromatic heterocycles. The highest BCUT2D eigenvalue weighted by atomic mass is 35.5. The van der Waals surface area contributed by atoms with Crippen molar-refractivity contribution >= 4 is 47.4 Å². The summed E-state index contributed by atoms with van der Waals surface area (Å²) in [5.74, 6) is -0.807. The fourth-order valence-electron chi connectivity index (χ4n) is 2.89. The molecule has 3 aromatic carbocycles. The van der Waals surface area contributed by atoms with Gasteiger partial charge in [0, 0.05) is 20.6 Å². The number of aryl methyl sites for hydroxylation is 1. The van der Waals surface area contributed by atoms with Crippen molar-refractivity contribution in [1.82, 2.24) is 0 Å². The molecule has 1 amide bonds. The quantitative estimate of drug-likeness (QED) is 0.467. The van der Waals surface area contributed by atoms with Crippen LogP contribution >= 0.6 is 35.8 Å². The lowest BCUT2D eigenvalue weighted by Crippen LogP contribution is -2.14. The molecule has 0 aliphatic heterocycles. The van der Waals surface area contributed by atoms with Crippen molar-refractivity contribution in [3.63, 3.8) is 0 Å². The summed E-state index contributed by atoms with van der Waals surface area (Å²) < 4.78 is 0. The predicted molar refractivity (Wildman–Crippen MR) is 117 cm³/mol. The third-order valence-electron chi connectivity index (χ3n) is 4.38. The van der Waals surface area contributed by atoms with Crippen LogP contribution in [0.4, 0.5) is 5.69 Å². The van der Waals surface area contributed by atoms with Gasteiger partial charge in [0.2, 0.25) is 0 Å². The minimum atomic E-state index is -0.536. The maximum absolute atomic E-state index is 12.6. The number of rotatable bonds is 4. The molecule has 1 atom stereocenters. The van der Waals surface area contributed by atoms with Crippen LogP contribution in [0.1, 0.15) is 33.0 Å². The van der Waals surface area contributed by atoms with Crippen LogP contribution in [0.15, 0.2) is 65.6 Å². The topological polar surface area (TPSA) is 52.9 Å². The molecule has 0 aliphatic carbocycles. The van der Waals surface area contributed by atoms with Crippen molar-refractivity contribution in [2.45, 2.75) is 17.7 Å². The number of amides is 1. The minimum Gasteiger partial charge on any atom is -0.322 e. The third kappa shape index (κ3) is 4.34. The van der Waals surface area contributed by atoms with E-state index < -0.39 is 5.92 Å². The van der Waals surface area contributed by atoms with Crippen LogP contribution in [-0.4, -0.2) is 5.91 Å². The zero-order valence-corrected chi connectivity index (χ0v) is 17.3. The lowest BCUT2D eigenvalue weighted by molar-refractivity contribution is 0.102. The highest BCUT2D eigenvalue weighted by Gasteiger charge is 2.19. The number of nitrogens with one attached hydrogen (secondary N) is 1. The van der Waals surface area contributed by atoms with Gasteiger partial charge in [-0.15, -0.1) is 12.6 Å². The predicted octanol–water partition coefficient (Wildman–Crippen LogP) is 6.50. The molecule has 28 heavy (non-hydrogen) atoms. The molecular weight excluding hydrogens is 411 g/mol. The van der Waals surface area contributed by atoms with E-state index in [-0.39, 0.29) is 5.91 Å². The molecule has 0 radical (unpaired) electrons. The number of nitriles is 1. The van der Waals surface area contributed by atoms with Crippen LogP contribution in [0, 0.1) is 18.3 Å². The Hall–Kier alpha value is -2.45. The van der Waals surface area contributed by atoms with Crippen molar-refractivity contribution in [3.8, 4) is 6.07 Å². The molecule has 0 saturated carbocycles. The van der Waals surface area contributed by atoms with Crippen LogP contribution in [0.2, 0.25) is 10.0 Å². The van der Waals surface area contributed by atoms with E-state index in [1.54, 1.807) is 48.5 Å². The maximum Gasteiger partial charge on any atom is 0.256 e. The first kappa shape index (κ1) is 20.3. The molecule has 0 aliphatic rings. The first-order valence-corrected chi connectivity index (χ1v) is 9.65. The molecular formula is C22H16Cl2N2OS. The van der Waals surface area contributed by atoms with E-state index in [0.717, 1.165) is 11.1 Å². The Balaban J connectivity index is 1.92. The second-order valence-corrected chi connectivity index (χ2v) is 7.60. The SMILES string of the molecule is Cc1cc(C(C#N)c2ccc(Cl)cc2)c(Cl)cc1NC(=O)c1ccccc1S. The lowest BCUT2D eigenvalue weighted by atomic mass is 9.91. The molecule has 0 saturated heterocycles. The van der Waals surface area contributed by atoms with Crippen LogP contribution in [0.5, 0.6) is 0 Å². The van der Waals surface area contributed by atoms with Crippen molar-refractivity contribution < 1.29 is 4.79 Å². The Morgan fingerprint density at radius 2 is 1.79 bits per heavy atom. The number of anilines is 1. The maximum atomic E-state index is 12.6. The molecule has 6 heteroatoms. The molecule has 1 unspecified atom stereocenters. The summed E-state index contributed by atoms with van der Waals surface area (Å²) >= 11 is 16.7. The summed E-state index contributed by atoms with van der Waals surface area (Å²) in [4.78, 5) is 13.1. The molecule has 140 valence electrons. The number of carbonyl (C=O) groups excluding carboxylic acids is 1. The minimum absolute atomic E-state index is 0.271. The van der Waals surface area contributed by atoms with Gasteiger partial charge in [0.1, 0.15) is 0 Å². The molecule has 3 rings (SSSR count). The van der Waals surface area contributed by atoms with Crippen molar-refractivity contribution in [2.24, 2.45) is 0 Å². The van der Waals surface area contributed by atoms with Crippen molar-refractivity contribution in [3.05, 3.63) is 93.0 Å². The number of hydrogen-bond donors (Lipinski definition) is 2. The third-order valence-corrected chi connectivity index (χ3v) is 5.35. The fraction of sp³-hybridized carbons (Fsp3) is 0.0909. The van der Waals surface area contributed by atoms with Crippen LogP contribution in [0.3, 0.4) is 0 Å². The smallest absolute Gasteiger partial charge is 0.256 e. The average molecular weight is 427 g/mol. The average Bonchev–Trinajstić information content (AvgIpc) is 2.67. The van der Waals surface area contributed by atoms with Gasteiger partial charge in [-0.25, -0.2) is 0 Å². The normalized spacial score (nSPS) is 11.5. The zero-order chi connectivity index (χ0) is 20.3. The summed E-state index contributed by atoms with van der Waals surface area (Å²) in [6.45, 7) is 1.86. The summed E-state index contributed by atoms with van der Waals surface area (Å²) in [6, 6.07) is 19.9. The molecule has 3 nitrogen and oxygen atoms in total. The zero-order valence-electron chi connectivity index (χ0n) is 14.9.